The highest BCUT2D eigenvalue weighted by Gasteiger charge is 2.26. The highest BCUT2D eigenvalue weighted by atomic mass is 15.2. The van der Waals surface area contributed by atoms with Gasteiger partial charge in [-0.2, -0.15) is 0 Å². The molecule has 0 amide bonds. The SMILES string of the molecule is CC1=CCC(N(c2ccccc2)c2ccc3c4c(cccc24)-c2ccccc2-3)C=C1. The van der Waals surface area contributed by atoms with E-state index in [4.69, 9.17) is 0 Å². The summed E-state index contributed by atoms with van der Waals surface area (Å²) in [4.78, 5) is 2.51. The molecule has 1 unspecified atom stereocenters. The molecule has 1 atom stereocenters. The molecule has 144 valence electrons. The lowest BCUT2D eigenvalue weighted by Crippen LogP contribution is -2.30. The summed E-state index contributed by atoms with van der Waals surface area (Å²) in [6.45, 7) is 2.18. The minimum atomic E-state index is 0.303. The van der Waals surface area contributed by atoms with Gasteiger partial charge in [0.2, 0.25) is 0 Å². The molecule has 0 saturated heterocycles. The third-order valence-electron chi connectivity index (χ3n) is 6.41. The molecule has 0 heterocycles. The lowest BCUT2D eigenvalue weighted by molar-refractivity contribution is 0.782. The molecule has 2 aliphatic rings. The van der Waals surface area contributed by atoms with Gasteiger partial charge in [-0.15, -0.1) is 0 Å². The van der Waals surface area contributed by atoms with Crippen LogP contribution in [0.1, 0.15) is 13.3 Å². The van der Waals surface area contributed by atoms with Gasteiger partial charge in [-0.25, -0.2) is 0 Å². The standard InChI is InChI=1S/C29H23N/c1-20-14-16-22(17-15-20)30(21-8-3-2-4-9-21)28-19-18-26-24-11-6-5-10-23(24)25-12-7-13-27(28)29(25)26/h2-16,18-19,22H,17H2,1H3. The molecule has 4 aromatic carbocycles. The van der Waals surface area contributed by atoms with Crippen LogP contribution in [-0.4, -0.2) is 6.04 Å². The normalized spacial score (nSPS) is 16.4. The van der Waals surface area contributed by atoms with Gasteiger partial charge in [-0.1, -0.05) is 90.5 Å². The molecule has 6 rings (SSSR count). The van der Waals surface area contributed by atoms with Gasteiger partial charge in [0, 0.05) is 16.8 Å². The maximum Gasteiger partial charge on any atom is 0.0560 e. The monoisotopic (exact) mass is 385 g/mol. The number of hydrogen-bond acceptors (Lipinski definition) is 1. The number of hydrogen-bond donors (Lipinski definition) is 0. The Morgan fingerprint density at radius 3 is 2.13 bits per heavy atom. The van der Waals surface area contributed by atoms with Gasteiger partial charge in [0.05, 0.1) is 6.04 Å². The molecular weight excluding hydrogens is 362 g/mol. The molecule has 0 fully saturated rings. The van der Waals surface area contributed by atoms with Crippen LogP contribution in [0.3, 0.4) is 0 Å². The fraction of sp³-hybridized carbons (Fsp3) is 0.103. The van der Waals surface area contributed by atoms with Crippen LogP contribution in [0, 0.1) is 0 Å². The van der Waals surface area contributed by atoms with Gasteiger partial charge in [0.15, 0.2) is 0 Å². The molecule has 0 aromatic heterocycles. The Morgan fingerprint density at radius 1 is 0.700 bits per heavy atom. The number of para-hydroxylation sites is 1. The second kappa shape index (κ2) is 6.74. The van der Waals surface area contributed by atoms with Crippen LogP contribution in [0.2, 0.25) is 0 Å². The first kappa shape index (κ1) is 17.3. The van der Waals surface area contributed by atoms with Crippen molar-refractivity contribution >= 4 is 22.1 Å². The second-order valence-corrected chi connectivity index (χ2v) is 8.22. The van der Waals surface area contributed by atoms with Crippen LogP contribution in [0.25, 0.3) is 33.0 Å². The van der Waals surface area contributed by atoms with Crippen molar-refractivity contribution in [3.8, 4) is 22.3 Å². The number of anilines is 2. The first-order valence-electron chi connectivity index (χ1n) is 10.7. The summed E-state index contributed by atoms with van der Waals surface area (Å²) in [6.07, 6.45) is 7.96. The van der Waals surface area contributed by atoms with Gasteiger partial charge in [-0.3, -0.25) is 0 Å². The molecule has 2 aliphatic carbocycles. The molecule has 0 N–H and O–H groups in total. The summed E-state index contributed by atoms with van der Waals surface area (Å²) >= 11 is 0. The number of fused-ring (bicyclic) bond motifs is 3. The van der Waals surface area contributed by atoms with Gasteiger partial charge in [-0.05, 0) is 59.2 Å². The number of rotatable bonds is 3. The predicted molar refractivity (Wildman–Crippen MR) is 128 cm³/mol. The average Bonchev–Trinajstić information content (AvgIpc) is 3.13. The summed E-state index contributed by atoms with van der Waals surface area (Å²) in [5.41, 5.74) is 9.24. The summed E-state index contributed by atoms with van der Waals surface area (Å²) in [7, 11) is 0. The molecule has 0 spiro atoms. The fourth-order valence-corrected chi connectivity index (χ4v) is 5.01. The van der Waals surface area contributed by atoms with Crippen LogP contribution in [0.15, 0.2) is 109 Å². The smallest absolute Gasteiger partial charge is 0.0560 e. The Bertz CT molecular complexity index is 1300. The Hall–Kier alpha value is -3.58. The van der Waals surface area contributed by atoms with Gasteiger partial charge in [0.1, 0.15) is 0 Å². The average molecular weight is 386 g/mol. The van der Waals surface area contributed by atoms with Crippen molar-refractivity contribution in [2.75, 3.05) is 4.90 Å². The molecule has 0 saturated carbocycles. The Kier molecular flexibility index (Phi) is 3.89. The summed E-state index contributed by atoms with van der Waals surface area (Å²) in [5.74, 6) is 0. The molecule has 30 heavy (non-hydrogen) atoms. The van der Waals surface area contributed by atoms with Crippen LogP contribution < -0.4 is 4.90 Å². The first-order valence-corrected chi connectivity index (χ1v) is 10.7. The minimum Gasteiger partial charge on any atom is -0.334 e. The van der Waals surface area contributed by atoms with Crippen molar-refractivity contribution in [1.29, 1.82) is 0 Å². The van der Waals surface area contributed by atoms with Crippen LogP contribution in [0.5, 0.6) is 0 Å². The molecule has 1 nitrogen and oxygen atoms in total. The summed E-state index contributed by atoms with van der Waals surface area (Å²) in [5, 5.41) is 2.70. The van der Waals surface area contributed by atoms with E-state index in [1.54, 1.807) is 0 Å². The highest BCUT2D eigenvalue weighted by Crippen LogP contribution is 2.50. The molecule has 4 aromatic rings. The molecule has 1 heteroatoms. The van der Waals surface area contributed by atoms with E-state index in [9.17, 15) is 0 Å². The van der Waals surface area contributed by atoms with E-state index < -0.39 is 0 Å². The van der Waals surface area contributed by atoms with E-state index in [2.05, 4.69) is 115 Å². The van der Waals surface area contributed by atoms with Crippen molar-refractivity contribution in [3.05, 3.63) is 109 Å². The zero-order chi connectivity index (χ0) is 20.1. The van der Waals surface area contributed by atoms with Crippen molar-refractivity contribution in [2.24, 2.45) is 0 Å². The van der Waals surface area contributed by atoms with E-state index in [1.807, 2.05) is 0 Å². The Labute approximate surface area is 177 Å². The predicted octanol–water partition coefficient (Wildman–Crippen LogP) is 7.90. The minimum absolute atomic E-state index is 0.303. The van der Waals surface area contributed by atoms with E-state index in [1.165, 1.54) is 50.0 Å². The van der Waals surface area contributed by atoms with Crippen LogP contribution in [-0.2, 0) is 0 Å². The zero-order valence-corrected chi connectivity index (χ0v) is 17.0. The molecular formula is C29H23N. The van der Waals surface area contributed by atoms with Crippen molar-refractivity contribution in [2.45, 2.75) is 19.4 Å². The Morgan fingerprint density at radius 2 is 1.40 bits per heavy atom. The van der Waals surface area contributed by atoms with E-state index in [0.717, 1.165) is 6.42 Å². The Balaban J connectivity index is 1.60. The zero-order valence-electron chi connectivity index (χ0n) is 17.0. The lowest BCUT2D eigenvalue weighted by atomic mass is 9.97. The summed E-state index contributed by atoms with van der Waals surface area (Å²) in [6, 6.07) is 31.3. The topological polar surface area (TPSA) is 3.24 Å². The first-order chi connectivity index (χ1) is 14.8. The number of benzene rings is 4. The third-order valence-corrected chi connectivity index (χ3v) is 6.41. The van der Waals surface area contributed by atoms with Crippen molar-refractivity contribution in [1.82, 2.24) is 0 Å². The van der Waals surface area contributed by atoms with Crippen LogP contribution in [0.4, 0.5) is 11.4 Å². The van der Waals surface area contributed by atoms with Crippen LogP contribution >= 0.6 is 0 Å². The maximum atomic E-state index is 2.51. The van der Waals surface area contributed by atoms with E-state index in [-0.39, 0.29) is 0 Å². The van der Waals surface area contributed by atoms with E-state index in [0.29, 0.717) is 6.04 Å². The lowest BCUT2D eigenvalue weighted by Gasteiger charge is -2.34. The second-order valence-electron chi connectivity index (χ2n) is 8.22. The van der Waals surface area contributed by atoms with Crippen molar-refractivity contribution in [3.63, 3.8) is 0 Å². The van der Waals surface area contributed by atoms with Gasteiger partial charge >= 0.3 is 0 Å². The summed E-state index contributed by atoms with van der Waals surface area (Å²) < 4.78 is 0. The quantitative estimate of drug-likeness (QED) is 0.305. The fourth-order valence-electron chi connectivity index (χ4n) is 5.01. The molecule has 0 bridgehead atoms. The van der Waals surface area contributed by atoms with Gasteiger partial charge < -0.3 is 4.90 Å². The number of nitrogens with zero attached hydrogens (tertiary/aromatic N) is 1. The van der Waals surface area contributed by atoms with E-state index >= 15 is 0 Å². The molecule has 0 aliphatic heterocycles. The maximum absolute atomic E-state index is 2.51. The largest absolute Gasteiger partial charge is 0.334 e. The van der Waals surface area contributed by atoms with Crippen molar-refractivity contribution < 1.29 is 0 Å². The molecule has 0 radical (unpaired) electrons. The third kappa shape index (κ3) is 2.55. The highest BCUT2D eigenvalue weighted by molar-refractivity contribution is 6.18. The van der Waals surface area contributed by atoms with Gasteiger partial charge in [0.25, 0.3) is 0 Å². The number of allylic oxidation sites excluding steroid dienone is 2.